The highest BCUT2D eigenvalue weighted by Crippen LogP contribution is 2.60. The fourth-order valence-electron chi connectivity index (χ4n) is 4.50. The largest absolute Gasteiger partial charge is 0.417 e. The van der Waals surface area contributed by atoms with Crippen LogP contribution in [0.5, 0.6) is 0 Å². The van der Waals surface area contributed by atoms with Crippen LogP contribution in [0.2, 0.25) is 0 Å². The van der Waals surface area contributed by atoms with Gasteiger partial charge in [-0.25, -0.2) is 0 Å². The molecule has 1 atom stereocenters. The van der Waals surface area contributed by atoms with E-state index in [4.69, 9.17) is 0 Å². The molecule has 0 unspecified atom stereocenters. The van der Waals surface area contributed by atoms with E-state index >= 15 is 0 Å². The average molecular weight is 591 g/mol. The summed E-state index contributed by atoms with van der Waals surface area (Å²) in [7, 11) is -4.33. The number of fused-ring (bicyclic) bond motifs is 3. The first-order valence-electron chi connectivity index (χ1n) is 10.6. The molecule has 0 N–H and O–H groups in total. The number of hydrogen-bond donors (Lipinski definition) is 0. The number of halogens is 12. The minimum absolute atomic E-state index is 0.0462. The van der Waals surface area contributed by atoms with Crippen molar-refractivity contribution in [2.75, 3.05) is 11.7 Å². The molecule has 0 saturated heterocycles. The highest BCUT2D eigenvalue weighted by atomic mass is 31.2. The van der Waals surface area contributed by atoms with Crippen LogP contribution in [-0.4, -0.2) is 7.05 Å². The van der Waals surface area contributed by atoms with Crippen molar-refractivity contribution in [1.29, 1.82) is 0 Å². The van der Waals surface area contributed by atoms with Gasteiger partial charge in [0.2, 0.25) is 7.29 Å². The second kappa shape index (κ2) is 8.67. The Morgan fingerprint density at radius 2 is 1.13 bits per heavy atom. The lowest BCUT2D eigenvalue weighted by Gasteiger charge is -2.40. The van der Waals surface area contributed by atoms with Crippen LogP contribution in [0.25, 0.3) is 11.1 Å². The maximum absolute atomic E-state index is 14.6. The van der Waals surface area contributed by atoms with Crippen LogP contribution in [-0.2, 0) is 29.3 Å². The van der Waals surface area contributed by atoms with Gasteiger partial charge in [0, 0.05) is 28.8 Å². The zero-order chi connectivity index (χ0) is 29.5. The molecule has 1 heterocycles. The lowest BCUT2D eigenvalue weighted by Crippen LogP contribution is -2.37. The third kappa shape index (κ3) is 4.76. The summed E-state index contributed by atoms with van der Waals surface area (Å²) in [6.07, 6.45) is -21.8. The maximum atomic E-state index is 14.6. The van der Waals surface area contributed by atoms with E-state index in [0.717, 1.165) is 13.1 Å². The molecule has 3 aromatic carbocycles. The maximum Gasteiger partial charge on any atom is 0.417 e. The molecule has 0 aromatic heterocycles. The van der Waals surface area contributed by atoms with E-state index in [0.29, 0.717) is 4.67 Å². The molecule has 0 amide bonds. The Morgan fingerprint density at radius 1 is 0.641 bits per heavy atom. The summed E-state index contributed by atoms with van der Waals surface area (Å²) in [4.78, 5) is 0. The number of aryl methyl sites for hydroxylation is 1. The first-order valence-corrected chi connectivity index (χ1v) is 12.3. The monoisotopic (exact) mass is 591 g/mol. The van der Waals surface area contributed by atoms with Crippen LogP contribution in [0.4, 0.5) is 58.4 Å². The third-order valence-corrected chi connectivity index (χ3v) is 9.30. The minimum atomic E-state index is -5.48. The van der Waals surface area contributed by atoms with E-state index in [2.05, 4.69) is 0 Å². The summed E-state index contributed by atoms with van der Waals surface area (Å²) < 4.78 is 181. The molecule has 15 heteroatoms. The number of nitrogens with zero attached hydrogens (tertiary/aromatic N) is 1. The molecule has 0 radical (unpaired) electrons. The smallest absolute Gasteiger partial charge is 0.318 e. The standard InChI is InChI=1S/C24H14F12NOP/c1-11-4-3-5-17-19(11)20-16(24(34,35)36)9-14(23(31,32)33)10-18(20)39(38,37(17)2)15-7-12(21(25,26)27)6-13(8-15)22(28,29)30/h3-10H,1-2H3/t39-/m1/s1. The minimum Gasteiger partial charge on any atom is -0.318 e. The molecule has 0 bridgehead atoms. The number of rotatable bonds is 1. The van der Waals surface area contributed by atoms with Crippen LogP contribution in [0.15, 0.2) is 48.5 Å². The summed E-state index contributed by atoms with van der Waals surface area (Å²) >= 11 is 0. The van der Waals surface area contributed by atoms with Gasteiger partial charge >= 0.3 is 24.7 Å². The molecule has 3 aromatic rings. The summed E-state index contributed by atoms with van der Waals surface area (Å²) in [6, 6.07) is 3.37. The molecule has 1 aliphatic heterocycles. The molecule has 2 nitrogen and oxygen atoms in total. The Balaban J connectivity index is 2.26. The Labute approximate surface area is 212 Å². The Morgan fingerprint density at radius 3 is 1.59 bits per heavy atom. The lowest BCUT2D eigenvalue weighted by atomic mass is 9.92. The molecular weight excluding hydrogens is 577 g/mol. The quantitative estimate of drug-likeness (QED) is 0.209. The Kier molecular flexibility index (Phi) is 6.42. The van der Waals surface area contributed by atoms with Gasteiger partial charge in [-0.3, -0.25) is 4.57 Å². The van der Waals surface area contributed by atoms with Crippen LogP contribution in [0.3, 0.4) is 0 Å². The van der Waals surface area contributed by atoms with Gasteiger partial charge in [0.1, 0.15) is 0 Å². The van der Waals surface area contributed by atoms with E-state index < -0.39 is 70.4 Å². The van der Waals surface area contributed by atoms with E-state index in [1.807, 2.05) is 0 Å². The summed E-state index contributed by atoms with van der Waals surface area (Å²) in [5.74, 6) is 0. The Hall–Kier alpha value is -3.15. The van der Waals surface area contributed by atoms with E-state index in [-0.39, 0.29) is 47.1 Å². The molecule has 39 heavy (non-hydrogen) atoms. The second-order valence-corrected chi connectivity index (χ2v) is 11.5. The molecule has 1 aliphatic rings. The van der Waals surface area contributed by atoms with Crippen molar-refractivity contribution in [3.05, 3.63) is 76.3 Å². The van der Waals surface area contributed by atoms with Crippen molar-refractivity contribution in [3.8, 4) is 11.1 Å². The van der Waals surface area contributed by atoms with Crippen molar-refractivity contribution in [2.24, 2.45) is 0 Å². The highest BCUT2D eigenvalue weighted by molar-refractivity contribution is 7.80. The second-order valence-electron chi connectivity index (χ2n) is 8.75. The number of anilines is 1. The van der Waals surface area contributed by atoms with Gasteiger partial charge in [-0.1, -0.05) is 12.1 Å². The molecule has 0 aliphatic carbocycles. The first kappa shape index (κ1) is 28.8. The van der Waals surface area contributed by atoms with Crippen molar-refractivity contribution < 1.29 is 57.3 Å². The molecule has 4 rings (SSSR count). The summed E-state index contributed by atoms with van der Waals surface area (Å²) in [6.45, 7) is 1.30. The number of alkyl halides is 12. The zero-order valence-electron chi connectivity index (χ0n) is 19.5. The summed E-state index contributed by atoms with van der Waals surface area (Å²) in [5, 5.41) is -2.44. The van der Waals surface area contributed by atoms with Crippen LogP contribution >= 0.6 is 7.29 Å². The molecule has 0 spiro atoms. The number of hydrogen-bond acceptors (Lipinski definition) is 1. The van der Waals surface area contributed by atoms with Crippen LogP contribution in [0, 0.1) is 6.92 Å². The molecule has 210 valence electrons. The zero-order valence-corrected chi connectivity index (χ0v) is 20.4. The number of benzene rings is 3. The molecule has 0 fully saturated rings. The predicted octanol–water partition coefficient (Wildman–Crippen LogP) is 8.42. The predicted molar refractivity (Wildman–Crippen MR) is 118 cm³/mol. The van der Waals surface area contributed by atoms with Crippen molar-refractivity contribution in [1.82, 2.24) is 0 Å². The SMILES string of the molecule is Cc1cccc2c1-c1c(C(F)(F)F)cc(C(F)(F)F)cc1[P@](=O)(c1cc(C(F)(F)F)cc(C(F)(F)F)c1)N2C. The van der Waals surface area contributed by atoms with Gasteiger partial charge in [0.25, 0.3) is 0 Å². The lowest BCUT2D eigenvalue weighted by molar-refractivity contribution is -0.144. The van der Waals surface area contributed by atoms with Gasteiger partial charge in [-0.2, -0.15) is 52.7 Å². The highest BCUT2D eigenvalue weighted by Gasteiger charge is 2.49. The fourth-order valence-corrected chi connectivity index (χ4v) is 7.40. The van der Waals surface area contributed by atoms with Gasteiger partial charge in [-0.15, -0.1) is 0 Å². The van der Waals surface area contributed by atoms with Crippen LogP contribution in [0.1, 0.15) is 27.8 Å². The Bertz CT molecular complexity index is 1480. The van der Waals surface area contributed by atoms with Gasteiger partial charge < -0.3 is 4.67 Å². The van der Waals surface area contributed by atoms with Gasteiger partial charge in [-0.05, 0) is 48.9 Å². The third-order valence-electron chi connectivity index (χ3n) is 6.27. The summed E-state index contributed by atoms with van der Waals surface area (Å²) in [5.41, 5.74) is -9.23. The van der Waals surface area contributed by atoms with Gasteiger partial charge in [0.05, 0.1) is 27.9 Å². The normalized spacial score (nSPS) is 18.2. The van der Waals surface area contributed by atoms with Crippen molar-refractivity contribution in [2.45, 2.75) is 31.6 Å². The van der Waals surface area contributed by atoms with Crippen LogP contribution < -0.4 is 15.3 Å². The van der Waals surface area contributed by atoms with E-state index in [9.17, 15) is 57.3 Å². The molecular formula is C24H14F12NOP. The molecule has 0 saturated carbocycles. The van der Waals surface area contributed by atoms with E-state index in [1.165, 1.54) is 19.1 Å². The van der Waals surface area contributed by atoms with Crippen molar-refractivity contribution in [3.63, 3.8) is 0 Å². The average Bonchev–Trinajstić information content (AvgIpc) is 2.79. The van der Waals surface area contributed by atoms with E-state index in [1.54, 1.807) is 0 Å². The fraction of sp³-hybridized carbons (Fsp3) is 0.250. The first-order chi connectivity index (χ1) is 17.6. The van der Waals surface area contributed by atoms with Gasteiger partial charge in [0.15, 0.2) is 0 Å². The topological polar surface area (TPSA) is 20.3 Å². The van der Waals surface area contributed by atoms with Crippen molar-refractivity contribution >= 4 is 23.6 Å².